The Balaban J connectivity index is 2.63. The van der Waals surface area contributed by atoms with Crippen molar-refractivity contribution >= 4 is 5.78 Å². The summed E-state index contributed by atoms with van der Waals surface area (Å²) in [5, 5.41) is 0. The van der Waals surface area contributed by atoms with E-state index in [0.717, 1.165) is 17.5 Å². The number of hydrogen-bond acceptors (Lipinski definition) is 1. The summed E-state index contributed by atoms with van der Waals surface area (Å²) >= 11 is 0. The Labute approximate surface area is 96.7 Å². The lowest BCUT2D eigenvalue weighted by Crippen LogP contribution is -2.08. The van der Waals surface area contributed by atoms with Gasteiger partial charge < -0.3 is 0 Å². The maximum absolute atomic E-state index is 12.9. The standard InChI is InChI=1S/C14H19FO/c1-4-10(2)7-14(16)9-12-5-6-13(15)8-11(12)3/h5-6,8,10H,4,7,9H2,1-3H3. The molecular weight excluding hydrogens is 203 g/mol. The van der Waals surface area contributed by atoms with Gasteiger partial charge in [0.2, 0.25) is 0 Å². The molecule has 0 spiro atoms. The van der Waals surface area contributed by atoms with Crippen molar-refractivity contribution in [1.82, 2.24) is 0 Å². The van der Waals surface area contributed by atoms with Crippen LogP contribution in [0, 0.1) is 18.7 Å². The summed E-state index contributed by atoms with van der Waals surface area (Å²) in [5.41, 5.74) is 1.80. The molecule has 0 N–H and O–H groups in total. The first-order valence-electron chi connectivity index (χ1n) is 5.79. The van der Waals surface area contributed by atoms with Gasteiger partial charge in [0.05, 0.1) is 0 Å². The average Bonchev–Trinajstić information content (AvgIpc) is 2.22. The fourth-order valence-corrected chi connectivity index (χ4v) is 1.68. The largest absolute Gasteiger partial charge is 0.299 e. The van der Waals surface area contributed by atoms with Gasteiger partial charge in [-0.2, -0.15) is 0 Å². The minimum Gasteiger partial charge on any atom is -0.299 e. The Hall–Kier alpha value is -1.18. The van der Waals surface area contributed by atoms with E-state index in [1.165, 1.54) is 12.1 Å². The predicted molar refractivity (Wildman–Crippen MR) is 63.9 cm³/mol. The molecule has 1 unspecified atom stereocenters. The van der Waals surface area contributed by atoms with Gasteiger partial charge in [-0.15, -0.1) is 0 Å². The Bertz CT molecular complexity index is 371. The SMILES string of the molecule is CCC(C)CC(=O)Cc1ccc(F)cc1C. The first kappa shape index (κ1) is 12.9. The molecule has 16 heavy (non-hydrogen) atoms. The number of rotatable bonds is 5. The van der Waals surface area contributed by atoms with Crippen LogP contribution < -0.4 is 0 Å². The number of benzene rings is 1. The van der Waals surface area contributed by atoms with Crippen molar-refractivity contribution in [2.75, 3.05) is 0 Å². The normalized spacial score (nSPS) is 12.5. The zero-order valence-electron chi connectivity index (χ0n) is 10.2. The van der Waals surface area contributed by atoms with Gasteiger partial charge in [0, 0.05) is 12.8 Å². The Morgan fingerprint density at radius 2 is 2.12 bits per heavy atom. The third kappa shape index (κ3) is 3.76. The average molecular weight is 222 g/mol. The van der Waals surface area contributed by atoms with Crippen LogP contribution in [0.1, 0.15) is 37.8 Å². The molecule has 0 bridgehead atoms. The molecule has 0 aliphatic rings. The number of hydrogen-bond donors (Lipinski definition) is 0. The molecule has 0 saturated carbocycles. The second-order valence-electron chi connectivity index (χ2n) is 4.50. The fourth-order valence-electron chi connectivity index (χ4n) is 1.68. The summed E-state index contributed by atoms with van der Waals surface area (Å²) in [6.07, 6.45) is 2.07. The molecule has 1 aromatic carbocycles. The maximum Gasteiger partial charge on any atom is 0.137 e. The molecule has 1 rings (SSSR count). The van der Waals surface area contributed by atoms with Crippen LogP contribution >= 0.6 is 0 Å². The van der Waals surface area contributed by atoms with Gasteiger partial charge in [0.1, 0.15) is 11.6 Å². The zero-order chi connectivity index (χ0) is 12.1. The topological polar surface area (TPSA) is 17.1 Å². The van der Waals surface area contributed by atoms with Crippen molar-refractivity contribution in [2.24, 2.45) is 5.92 Å². The van der Waals surface area contributed by atoms with Gasteiger partial charge in [-0.3, -0.25) is 4.79 Å². The summed E-state index contributed by atoms with van der Waals surface area (Å²) < 4.78 is 12.9. The molecule has 0 aromatic heterocycles. The number of Topliss-reactive ketones (excluding diaryl/α,β-unsaturated/α-hetero) is 1. The smallest absolute Gasteiger partial charge is 0.137 e. The highest BCUT2D eigenvalue weighted by atomic mass is 19.1. The first-order valence-corrected chi connectivity index (χ1v) is 5.79. The van der Waals surface area contributed by atoms with Crippen molar-refractivity contribution < 1.29 is 9.18 Å². The Morgan fingerprint density at radius 1 is 1.44 bits per heavy atom. The van der Waals surface area contributed by atoms with Crippen LogP contribution in [0.15, 0.2) is 18.2 Å². The monoisotopic (exact) mass is 222 g/mol. The van der Waals surface area contributed by atoms with E-state index in [-0.39, 0.29) is 11.6 Å². The molecule has 0 amide bonds. The molecule has 0 aliphatic carbocycles. The molecular formula is C14H19FO. The molecule has 2 heteroatoms. The number of halogens is 1. The van der Waals surface area contributed by atoms with E-state index >= 15 is 0 Å². The Morgan fingerprint density at radius 3 is 2.69 bits per heavy atom. The maximum atomic E-state index is 12.9. The van der Waals surface area contributed by atoms with E-state index in [2.05, 4.69) is 13.8 Å². The first-order chi connectivity index (χ1) is 7.52. The summed E-state index contributed by atoms with van der Waals surface area (Å²) in [6.45, 7) is 6.01. The lowest BCUT2D eigenvalue weighted by molar-refractivity contribution is -0.119. The molecule has 1 aromatic rings. The number of aryl methyl sites for hydroxylation is 1. The molecule has 0 fully saturated rings. The van der Waals surface area contributed by atoms with Gasteiger partial charge >= 0.3 is 0 Å². The molecule has 0 heterocycles. The fraction of sp³-hybridized carbons (Fsp3) is 0.500. The summed E-state index contributed by atoms with van der Waals surface area (Å²) in [6, 6.07) is 4.60. The minimum atomic E-state index is -0.240. The van der Waals surface area contributed by atoms with Gasteiger partial charge in [-0.05, 0) is 36.1 Å². The quantitative estimate of drug-likeness (QED) is 0.742. The van der Waals surface area contributed by atoms with Gasteiger partial charge in [0.25, 0.3) is 0 Å². The van der Waals surface area contributed by atoms with Crippen LogP contribution in [0.25, 0.3) is 0 Å². The van der Waals surface area contributed by atoms with Gasteiger partial charge in [-0.1, -0.05) is 26.3 Å². The third-order valence-electron chi connectivity index (χ3n) is 2.97. The van der Waals surface area contributed by atoms with Crippen LogP contribution in [-0.2, 0) is 11.2 Å². The highest BCUT2D eigenvalue weighted by Gasteiger charge is 2.10. The molecule has 0 aliphatic heterocycles. The molecule has 0 saturated heterocycles. The minimum absolute atomic E-state index is 0.240. The summed E-state index contributed by atoms with van der Waals surface area (Å²) in [4.78, 5) is 11.7. The summed E-state index contributed by atoms with van der Waals surface area (Å²) in [5.74, 6) is 0.438. The molecule has 1 nitrogen and oxygen atoms in total. The third-order valence-corrected chi connectivity index (χ3v) is 2.97. The van der Waals surface area contributed by atoms with Crippen LogP contribution in [0.3, 0.4) is 0 Å². The molecule has 88 valence electrons. The van der Waals surface area contributed by atoms with E-state index in [0.29, 0.717) is 18.8 Å². The zero-order valence-corrected chi connectivity index (χ0v) is 10.2. The highest BCUT2D eigenvalue weighted by Crippen LogP contribution is 2.14. The Kier molecular flexibility index (Phi) is 4.66. The van der Waals surface area contributed by atoms with Crippen LogP contribution in [0.4, 0.5) is 4.39 Å². The van der Waals surface area contributed by atoms with E-state index < -0.39 is 0 Å². The predicted octanol–water partition coefficient (Wildman–Crippen LogP) is 3.68. The second-order valence-corrected chi connectivity index (χ2v) is 4.50. The number of carbonyl (C=O) groups excluding carboxylic acids is 1. The van der Waals surface area contributed by atoms with E-state index in [9.17, 15) is 9.18 Å². The van der Waals surface area contributed by atoms with Crippen molar-refractivity contribution in [3.8, 4) is 0 Å². The van der Waals surface area contributed by atoms with E-state index in [1.54, 1.807) is 6.07 Å². The van der Waals surface area contributed by atoms with Gasteiger partial charge in [0.15, 0.2) is 0 Å². The van der Waals surface area contributed by atoms with E-state index in [1.807, 2.05) is 6.92 Å². The molecule has 1 atom stereocenters. The number of ketones is 1. The lowest BCUT2D eigenvalue weighted by atomic mass is 9.96. The van der Waals surface area contributed by atoms with Gasteiger partial charge in [-0.25, -0.2) is 4.39 Å². The van der Waals surface area contributed by atoms with Crippen molar-refractivity contribution in [3.05, 3.63) is 35.1 Å². The van der Waals surface area contributed by atoms with Crippen molar-refractivity contribution in [3.63, 3.8) is 0 Å². The van der Waals surface area contributed by atoms with Crippen LogP contribution in [-0.4, -0.2) is 5.78 Å². The number of carbonyl (C=O) groups is 1. The molecule has 0 radical (unpaired) electrons. The highest BCUT2D eigenvalue weighted by molar-refractivity contribution is 5.81. The summed E-state index contributed by atoms with van der Waals surface area (Å²) in [7, 11) is 0. The van der Waals surface area contributed by atoms with Crippen LogP contribution in [0.5, 0.6) is 0 Å². The lowest BCUT2D eigenvalue weighted by Gasteiger charge is -2.08. The van der Waals surface area contributed by atoms with Crippen molar-refractivity contribution in [2.45, 2.75) is 40.0 Å². The second kappa shape index (κ2) is 5.78. The van der Waals surface area contributed by atoms with Crippen LogP contribution in [0.2, 0.25) is 0 Å². The van der Waals surface area contributed by atoms with Crippen molar-refractivity contribution in [1.29, 1.82) is 0 Å². The van der Waals surface area contributed by atoms with E-state index in [4.69, 9.17) is 0 Å².